The summed E-state index contributed by atoms with van der Waals surface area (Å²) >= 11 is 6.29. The van der Waals surface area contributed by atoms with Crippen LogP contribution in [0.1, 0.15) is 28.1 Å². The number of furan rings is 1. The Hall–Kier alpha value is -3.38. The molecule has 0 spiro atoms. The number of nitrogens with zero attached hydrogens (tertiary/aromatic N) is 2. The van der Waals surface area contributed by atoms with Crippen molar-refractivity contribution < 1.29 is 18.8 Å². The SMILES string of the molecule is Cc1ccc(N2C(=O)CC(N(Cc3ccccc3Cl)C(=O)c3ccco3)C2=O)cc1. The molecule has 4 rings (SSSR count). The third kappa shape index (κ3) is 3.74. The van der Waals surface area contributed by atoms with Crippen molar-refractivity contribution >= 4 is 35.0 Å². The second kappa shape index (κ2) is 8.16. The highest BCUT2D eigenvalue weighted by Crippen LogP contribution is 2.29. The molecule has 1 aliphatic heterocycles. The van der Waals surface area contributed by atoms with Gasteiger partial charge in [-0.1, -0.05) is 47.5 Å². The van der Waals surface area contributed by atoms with E-state index in [4.69, 9.17) is 16.0 Å². The standard InChI is InChI=1S/C23H19ClN2O4/c1-15-8-10-17(11-9-15)26-21(27)13-19(22(26)28)25(23(29)20-7-4-12-30-20)14-16-5-2-3-6-18(16)24/h2-12,19H,13-14H2,1H3. The molecule has 1 unspecified atom stereocenters. The fourth-order valence-electron chi connectivity index (χ4n) is 3.50. The Labute approximate surface area is 178 Å². The van der Waals surface area contributed by atoms with Gasteiger partial charge in [-0.25, -0.2) is 4.90 Å². The predicted octanol–water partition coefficient (Wildman–Crippen LogP) is 4.22. The minimum absolute atomic E-state index is 0.0740. The van der Waals surface area contributed by atoms with Crippen molar-refractivity contribution in [2.45, 2.75) is 25.9 Å². The number of halogens is 1. The van der Waals surface area contributed by atoms with Crippen LogP contribution in [-0.2, 0) is 16.1 Å². The number of aryl methyl sites for hydroxylation is 1. The van der Waals surface area contributed by atoms with Crippen LogP contribution in [-0.4, -0.2) is 28.7 Å². The van der Waals surface area contributed by atoms with Crippen LogP contribution < -0.4 is 4.90 Å². The first-order valence-electron chi connectivity index (χ1n) is 9.47. The lowest BCUT2D eigenvalue weighted by atomic mass is 10.1. The molecule has 152 valence electrons. The van der Waals surface area contributed by atoms with Crippen LogP contribution in [0.3, 0.4) is 0 Å². The van der Waals surface area contributed by atoms with Gasteiger partial charge in [0.05, 0.1) is 18.4 Å². The molecule has 0 aliphatic carbocycles. The highest BCUT2D eigenvalue weighted by Gasteiger charge is 2.45. The van der Waals surface area contributed by atoms with Gasteiger partial charge in [0, 0.05) is 11.6 Å². The lowest BCUT2D eigenvalue weighted by Crippen LogP contribution is -2.45. The van der Waals surface area contributed by atoms with E-state index in [1.165, 1.54) is 17.2 Å². The maximum Gasteiger partial charge on any atom is 0.290 e. The van der Waals surface area contributed by atoms with Crippen LogP contribution in [0, 0.1) is 6.92 Å². The molecule has 1 fully saturated rings. The summed E-state index contributed by atoms with van der Waals surface area (Å²) < 4.78 is 5.26. The third-order valence-electron chi connectivity index (χ3n) is 5.08. The highest BCUT2D eigenvalue weighted by molar-refractivity contribution is 6.31. The zero-order chi connectivity index (χ0) is 21.3. The van der Waals surface area contributed by atoms with Crippen molar-refractivity contribution in [3.63, 3.8) is 0 Å². The number of imide groups is 1. The molecule has 0 N–H and O–H groups in total. The molecule has 2 heterocycles. The van der Waals surface area contributed by atoms with E-state index in [9.17, 15) is 14.4 Å². The number of carbonyl (C=O) groups excluding carboxylic acids is 3. The zero-order valence-corrected chi connectivity index (χ0v) is 17.0. The Morgan fingerprint density at radius 2 is 1.83 bits per heavy atom. The molecule has 3 amide bonds. The fraction of sp³-hybridized carbons (Fsp3) is 0.174. The van der Waals surface area contributed by atoms with Crippen molar-refractivity contribution in [1.82, 2.24) is 4.90 Å². The average molecular weight is 423 g/mol. The molecule has 1 aliphatic rings. The first-order valence-corrected chi connectivity index (χ1v) is 9.85. The molecule has 0 bridgehead atoms. The number of rotatable bonds is 5. The van der Waals surface area contributed by atoms with E-state index in [0.29, 0.717) is 16.3 Å². The first-order chi connectivity index (χ1) is 14.5. The molecule has 0 radical (unpaired) electrons. The summed E-state index contributed by atoms with van der Waals surface area (Å²) in [4.78, 5) is 41.6. The van der Waals surface area contributed by atoms with E-state index < -0.39 is 17.9 Å². The molecular weight excluding hydrogens is 404 g/mol. The van der Waals surface area contributed by atoms with Crippen molar-refractivity contribution in [3.8, 4) is 0 Å². The van der Waals surface area contributed by atoms with Crippen LogP contribution in [0.15, 0.2) is 71.3 Å². The largest absolute Gasteiger partial charge is 0.459 e. The van der Waals surface area contributed by atoms with Crippen LogP contribution in [0.2, 0.25) is 5.02 Å². The van der Waals surface area contributed by atoms with E-state index in [1.807, 2.05) is 19.1 Å². The minimum Gasteiger partial charge on any atom is -0.459 e. The number of benzene rings is 2. The van der Waals surface area contributed by atoms with Crippen LogP contribution in [0.25, 0.3) is 0 Å². The van der Waals surface area contributed by atoms with Gasteiger partial charge < -0.3 is 9.32 Å². The van der Waals surface area contributed by atoms with Crippen molar-refractivity contribution in [1.29, 1.82) is 0 Å². The molecule has 6 nitrogen and oxygen atoms in total. The van der Waals surface area contributed by atoms with Gasteiger partial charge in [-0.15, -0.1) is 0 Å². The number of hydrogen-bond donors (Lipinski definition) is 0. The van der Waals surface area contributed by atoms with Gasteiger partial charge in [0.2, 0.25) is 5.91 Å². The third-order valence-corrected chi connectivity index (χ3v) is 5.45. The highest BCUT2D eigenvalue weighted by atomic mass is 35.5. The summed E-state index contributed by atoms with van der Waals surface area (Å²) in [6.45, 7) is 2.00. The normalized spacial score (nSPS) is 16.2. The molecule has 1 atom stereocenters. The predicted molar refractivity (Wildman–Crippen MR) is 112 cm³/mol. The minimum atomic E-state index is -0.951. The van der Waals surface area contributed by atoms with Gasteiger partial charge in [-0.05, 0) is 42.8 Å². The summed E-state index contributed by atoms with van der Waals surface area (Å²) in [6.07, 6.45) is 1.28. The monoisotopic (exact) mass is 422 g/mol. The molecule has 7 heteroatoms. The Kier molecular flexibility index (Phi) is 5.42. The van der Waals surface area contributed by atoms with Gasteiger partial charge in [0.15, 0.2) is 5.76 Å². The number of anilines is 1. The lowest BCUT2D eigenvalue weighted by molar-refractivity contribution is -0.122. The van der Waals surface area contributed by atoms with Gasteiger partial charge in [-0.3, -0.25) is 14.4 Å². The van der Waals surface area contributed by atoms with Crippen LogP contribution >= 0.6 is 11.6 Å². The molecule has 1 saturated heterocycles. The quantitative estimate of drug-likeness (QED) is 0.577. The number of hydrogen-bond acceptors (Lipinski definition) is 4. The van der Waals surface area contributed by atoms with E-state index in [-0.39, 0.29) is 24.6 Å². The summed E-state index contributed by atoms with van der Waals surface area (Å²) in [5.41, 5.74) is 2.18. The van der Waals surface area contributed by atoms with Crippen LogP contribution in [0.5, 0.6) is 0 Å². The number of carbonyl (C=O) groups is 3. The average Bonchev–Trinajstić information content (AvgIpc) is 3.36. The smallest absolute Gasteiger partial charge is 0.290 e. The van der Waals surface area contributed by atoms with Crippen molar-refractivity contribution in [2.75, 3.05) is 4.90 Å². The van der Waals surface area contributed by atoms with Gasteiger partial charge in [-0.2, -0.15) is 0 Å². The second-order valence-corrected chi connectivity index (χ2v) is 7.53. The Morgan fingerprint density at radius 1 is 1.10 bits per heavy atom. The van der Waals surface area contributed by atoms with Gasteiger partial charge in [0.1, 0.15) is 6.04 Å². The van der Waals surface area contributed by atoms with E-state index in [1.54, 1.807) is 42.5 Å². The molecule has 2 aromatic carbocycles. The van der Waals surface area contributed by atoms with Crippen molar-refractivity contribution in [3.05, 3.63) is 88.8 Å². The summed E-state index contributed by atoms with van der Waals surface area (Å²) in [5, 5.41) is 0.474. The first kappa shape index (κ1) is 19.9. The summed E-state index contributed by atoms with van der Waals surface area (Å²) in [6, 6.07) is 16.4. The van der Waals surface area contributed by atoms with Crippen LogP contribution in [0.4, 0.5) is 5.69 Å². The van der Waals surface area contributed by atoms with Crippen molar-refractivity contribution in [2.24, 2.45) is 0 Å². The Morgan fingerprint density at radius 3 is 2.50 bits per heavy atom. The van der Waals surface area contributed by atoms with E-state index in [2.05, 4.69) is 0 Å². The zero-order valence-electron chi connectivity index (χ0n) is 16.2. The topological polar surface area (TPSA) is 70.8 Å². The summed E-state index contributed by atoms with van der Waals surface area (Å²) in [7, 11) is 0. The summed E-state index contributed by atoms with van der Waals surface area (Å²) in [5.74, 6) is -1.19. The van der Waals surface area contributed by atoms with E-state index >= 15 is 0 Å². The Balaban J connectivity index is 1.69. The molecule has 3 aromatic rings. The molecule has 30 heavy (non-hydrogen) atoms. The molecule has 0 saturated carbocycles. The van der Waals surface area contributed by atoms with Gasteiger partial charge >= 0.3 is 0 Å². The Bertz CT molecular complexity index is 1090. The van der Waals surface area contributed by atoms with Gasteiger partial charge in [0.25, 0.3) is 11.8 Å². The van der Waals surface area contributed by atoms with E-state index in [0.717, 1.165) is 10.5 Å². The lowest BCUT2D eigenvalue weighted by Gasteiger charge is -2.27. The maximum absolute atomic E-state index is 13.2. The fourth-order valence-corrected chi connectivity index (χ4v) is 3.70. The number of amides is 3. The molecule has 1 aromatic heterocycles. The second-order valence-electron chi connectivity index (χ2n) is 7.12. The molecular formula is C23H19ClN2O4. The maximum atomic E-state index is 13.2.